The van der Waals surface area contributed by atoms with Gasteiger partial charge in [0.2, 0.25) is 5.65 Å². The minimum atomic E-state index is 0.695. The van der Waals surface area contributed by atoms with E-state index in [1.165, 1.54) is 19.3 Å². The van der Waals surface area contributed by atoms with Gasteiger partial charge in [-0.2, -0.15) is 0 Å². The SMILES string of the molecule is CCCNCC1CCCN(c2nccn3cnnc23)C1. The van der Waals surface area contributed by atoms with Crippen molar-refractivity contribution in [3.63, 3.8) is 0 Å². The van der Waals surface area contributed by atoms with Crippen LogP contribution in [0.3, 0.4) is 0 Å². The van der Waals surface area contributed by atoms with Crippen molar-refractivity contribution >= 4 is 11.5 Å². The van der Waals surface area contributed by atoms with Gasteiger partial charge in [-0.25, -0.2) is 4.98 Å². The molecule has 1 atom stereocenters. The Kier molecular flexibility index (Phi) is 4.11. The number of anilines is 1. The molecule has 3 rings (SSSR count). The second kappa shape index (κ2) is 6.17. The minimum Gasteiger partial charge on any atom is -0.353 e. The molecule has 1 N–H and O–H groups in total. The van der Waals surface area contributed by atoms with Crippen LogP contribution in [-0.2, 0) is 0 Å². The molecule has 1 fully saturated rings. The first-order valence-corrected chi connectivity index (χ1v) is 7.48. The molecule has 2 aromatic heterocycles. The minimum absolute atomic E-state index is 0.695. The van der Waals surface area contributed by atoms with Gasteiger partial charge in [0.15, 0.2) is 5.82 Å². The third kappa shape index (κ3) is 2.75. The molecule has 0 bridgehead atoms. The number of nitrogens with one attached hydrogen (secondary N) is 1. The van der Waals surface area contributed by atoms with Crippen molar-refractivity contribution in [1.82, 2.24) is 24.9 Å². The van der Waals surface area contributed by atoms with Crippen LogP contribution in [0.2, 0.25) is 0 Å². The second-order valence-electron chi connectivity index (χ2n) is 5.47. The topological polar surface area (TPSA) is 58.4 Å². The van der Waals surface area contributed by atoms with Gasteiger partial charge < -0.3 is 10.2 Å². The van der Waals surface area contributed by atoms with Crippen molar-refractivity contribution in [3.05, 3.63) is 18.7 Å². The molecule has 2 aromatic rings. The van der Waals surface area contributed by atoms with Crippen LogP contribution in [-0.4, -0.2) is 45.8 Å². The van der Waals surface area contributed by atoms with Gasteiger partial charge in [0, 0.05) is 25.5 Å². The van der Waals surface area contributed by atoms with Gasteiger partial charge in [-0.15, -0.1) is 10.2 Å². The first kappa shape index (κ1) is 13.3. The van der Waals surface area contributed by atoms with Gasteiger partial charge in [0.1, 0.15) is 6.33 Å². The van der Waals surface area contributed by atoms with Gasteiger partial charge in [-0.1, -0.05) is 6.92 Å². The Bertz CT molecular complexity index is 551. The fourth-order valence-corrected chi connectivity index (χ4v) is 2.88. The van der Waals surface area contributed by atoms with Crippen LogP contribution in [0.15, 0.2) is 18.7 Å². The maximum absolute atomic E-state index is 4.52. The third-order valence-electron chi connectivity index (χ3n) is 3.88. The highest BCUT2D eigenvalue weighted by molar-refractivity contribution is 5.63. The van der Waals surface area contributed by atoms with Crippen molar-refractivity contribution in [2.45, 2.75) is 26.2 Å². The van der Waals surface area contributed by atoms with Gasteiger partial charge in [0.05, 0.1) is 0 Å². The first-order valence-electron chi connectivity index (χ1n) is 7.48. The van der Waals surface area contributed by atoms with Gasteiger partial charge in [-0.05, 0) is 38.3 Å². The Balaban J connectivity index is 1.71. The Morgan fingerprint density at radius 2 is 2.40 bits per heavy atom. The van der Waals surface area contributed by atoms with Crippen molar-refractivity contribution < 1.29 is 0 Å². The molecule has 6 heteroatoms. The number of piperidine rings is 1. The summed E-state index contributed by atoms with van der Waals surface area (Å²) in [5, 5.41) is 11.7. The zero-order valence-electron chi connectivity index (χ0n) is 12.0. The second-order valence-corrected chi connectivity index (χ2v) is 5.47. The molecule has 6 nitrogen and oxygen atoms in total. The lowest BCUT2D eigenvalue weighted by atomic mass is 9.98. The van der Waals surface area contributed by atoms with E-state index in [1.807, 2.05) is 16.8 Å². The molecule has 0 spiro atoms. The lowest BCUT2D eigenvalue weighted by Gasteiger charge is -2.33. The maximum Gasteiger partial charge on any atom is 0.203 e. The molecule has 0 saturated carbocycles. The van der Waals surface area contributed by atoms with Crippen LogP contribution in [0.1, 0.15) is 26.2 Å². The molecule has 20 heavy (non-hydrogen) atoms. The van der Waals surface area contributed by atoms with E-state index in [0.29, 0.717) is 5.92 Å². The zero-order valence-corrected chi connectivity index (χ0v) is 12.0. The lowest BCUT2D eigenvalue weighted by Crippen LogP contribution is -2.40. The molecule has 1 unspecified atom stereocenters. The standard InChI is InChI=1S/C14H22N6/c1-2-5-15-9-12-4-3-7-19(10-12)13-14-18-17-11-20(14)8-6-16-13/h6,8,11-12,15H,2-5,7,9-10H2,1H3. The van der Waals surface area contributed by atoms with Crippen molar-refractivity contribution in [2.24, 2.45) is 5.92 Å². The summed E-state index contributed by atoms with van der Waals surface area (Å²) in [5.41, 5.74) is 0.856. The highest BCUT2D eigenvalue weighted by atomic mass is 15.3. The summed E-state index contributed by atoms with van der Waals surface area (Å²) >= 11 is 0. The van der Waals surface area contributed by atoms with E-state index in [2.05, 4.69) is 32.3 Å². The number of hydrogen-bond donors (Lipinski definition) is 1. The monoisotopic (exact) mass is 274 g/mol. The van der Waals surface area contributed by atoms with E-state index in [4.69, 9.17) is 0 Å². The van der Waals surface area contributed by atoms with E-state index >= 15 is 0 Å². The fourth-order valence-electron chi connectivity index (χ4n) is 2.88. The smallest absolute Gasteiger partial charge is 0.203 e. The predicted octanol–water partition coefficient (Wildman–Crippen LogP) is 1.34. The Hall–Kier alpha value is -1.69. The van der Waals surface area contributed by atoms with E-state index in [1.54, 1.807) is 6.33 Å². The lowest BCUT2D eigenvalue weighted by molar-refractivity contribution is 0.391. The van der Waals surface area contributed by atoms with E-state index in [-0.39, 0.29) is 0 Å². The summed E-state index contributed by atoms with van der Waals surface area (Å²) in [6.45, 7) is 6.52. The van der Waals surface area contributed by atoms with Crippen LogP contribution in [0.4, 0.5) is 5.82 Å². The zero-order chi connectivity index (χ0) is 13.8. The number of rotatable bonds is 5. The highest BCUT2D eigenvalue weighted by Crippen LogP contribution is 2.23. The average molecular weight is 274 g/mol. The molecule has 1 aliphatic rings. The Labute approximate surface area is 119 Å². The number of aromatic nitrogens is 4. The molecular weight excluding hydrogens is 252 g/mol. The van der Waals surface area contributed by atoms with Crippen LogP contribution < -0.4 is 10.2 Å². The van der Waals surface area contributed by atoms with Crippen LogP contribution in [0.25, 0.3) is 5.65 Å². The van der Waals surface area contributed by atoms with Crippen LogP contribution in [0, 0.1) is 5.92 Å². The molecule has 0 aromatic carbocycles. The molecule has 0 aliphatic carbocycles. The van der Waals surface area contributed by atoms with Crippen molar-refractivity contribution in [1.29, 1.82) is 0 Å². The largest absolute Gasteiger partial charge is 0.353 e. The number of hydrogen-bond acceptors (Lipinski definition) is 5. The average Bonchev–Trinajstić information content (AvgIpc) is 2.96. The summed E-state index contributed by atoms with van der Waals surface area (Å²) in [4.78, 5) is 6.87. The third-order valence-corrected chi connectivity index (χ3v) is 3.88. The van der Waals surface area contributed by atoms with E-state index in [0.717, 1.165) is 37.6 Å². The molecule has 108 valence electrons. The van der Waals surface area contributed by atoms with E-state index in [9.17, 15) is 0 Å². The van der Waals surface area contributed by atoms with Crippen LogP contribution in [0.5, 0.6) is 0 Å². The van der Waals surface area contributed by atoms with Crippen molar-refractivity contribution in [2.75, 3.05) is 31.1 Å². The van der Waals surface area contributed by atoms with Gasteiger partial charge >= 0.3 is 0 Å². The van der Waals surface area contributed by atoms with Gasteiger partial charge in [0.25, 0.3) is 0 Å². The summed E-state index contributed by atoms with van der Waals surface area (Å²) in [6.07, 6.45) is 9.15. The van der Waals surface area contributed by atoms with Crippen molar-refractivity contribution in [3.8, 4) is 0 Å². The summed E-state index contributed by atoms with van der Waals surface area (Å²) < 4.78 is 1.93. The highest BCUT2D eigenvalue weighted by Gasteiger charge is 2.22. The normalized spacial score (nSPS) is 19.6. The predicted molar refractivity (Wildman–Crippen MR) is 78.9 cm³/mol. The molecule has 3 heterocycles. The van der Waals surface area contributed by atoms with Crippen LogP contribution >= 0.6 is 0 Å². The fraction of sp³-hybridized carbons (Fsp3) is 0.643. The summed E-state index contributed by atoms with van der Waals surface area (Å²) in [5.74, 6) is 1.66. The Morgan fingerprint density at radius 3 is 3.30 bits per heavy atom. The van der Waals surface area contributed by atoms with E-state index < -0.39 is 0 Å². The Morgan fingerprint density at radius 1 is 1.45 bits per heavy atom. The number of nitrogens with zero attached hydrogens (tertiary/aromatic N) is 5. The number of fused-ring (bicyclic) bond motifs is 1. The molecule has 0 amide bonds. The van der Waals surface area contributed by atoms with Gasteiger partial charge in [-0.3, -0.25) is 4.40 Å². The molecule has 1 aliphatic heterocycles. The molecular formula is C14H22N6. The quantitative estimate of drug-likeness (QED) is 0.834. The maximum atomic E-state index is 4.52. The summed E-state index contributed by atoms with van der Waals surface area (Å²) in [7, 11) is 0. The first-order chi connectivity index (χ1) is 9.88. The molecule has 1 saturated heterocycles. The molecule has 0 radical (unpaired) electrons. The summed E-state index contributed by atoms with van der Waals surface area (Å²) in [6, 6.07) is 0.